The van der Waals surface area contributed by atoms with Crippen molar-refractivity contribution in [2.45, 2.75) is 80.6 Å². The van der Waals surface area contributed by atoms with Crippen LogP contribution in [0.15, 0.2) is 11.6 Å². The summed E-state index contributed by atoms with van der Waals surface area (Å²) in [6.45, 7) is 15.9. The molecule has 0 saturated carbocycles. The Labute approximate surface area is 146 Å². The van der Waals surface area contributed by atoms with Crippen molar-refractivity contribution in [1.82, 2.24) is 4.72 Å². The minimum Gasteiger partial charge on any atom is -0.286 e. The molecule has 0 aliphatic heterocycles. The minimum atomic E-state index is -2.61. The summed E-state index contributed by atoms with van der Waals surface area (Å²) in [5, 5.41) is 0. The summed E-state index contributed by atoms with van der Waals surface area (Å²) in [6.07, 6.45) is 8.28. The summed E-state index contributed by atoms with van der Waals surface area (Å²) in [7, 11) is -2.61. The second-order valence-corrected chi connectivity index (χ2v) is 10.1. The largest absolute Gasteiger partial charge is 0.286 e. The van der Waals surface area contributed by atoms with Crippen LogP contribution < -0.4 is 4.72 Å². The fraction of sp³-hybridized carbons (Fsp3) is 0.895. The van der Waals surface area contributed by atoms with Crippen LogP contribution in [-0.4, -0.2) is 21.4 Å². The molecule has 0 radical (unpaired) electrons. The van der Waals surface area contributed by atoms with Crippen molar-refractivity contribution in [1.29, 1.82) is 0 Å². The average molecular weight is 348 g/mol. The van der Waals surface area contributed by atoms with Crippen molar-refractivity contribution >= 4 is 10.8 Å². The first-order valence-corrected chi connectivity index (χ1v) is 10.9. The van der Waals surface area contributed by atoms with Gasteiger partial charge in [0, 0.05) is 12.3 Å². The van der Waals surface area contributed by atoms with Gasteiger partial charge in [-0.3, -0.25) is 9.11 Å². The lowest BCUT2D eigenvalue weighted by molar-refractivity contribution is 0.200. The topological polar surface area (TPSA) is 52.5 Å². The molecule has 23 heavy (non-hydrogen) atoms. The van der Waals surface area contributed by atoms with Crippen molar-refractivity contribution in [3.05, 3.63) is 11.6 Å². The van der Waals surface area contributed by atoms with E-state index in [1.54, 1.807) is 6.92 Å². The van der Waals surface area contributed by atoms with Gasteiger partial charge >= 0.3 is 0 Å². The number of nitrogens with one attached hydrogen (secondary N) is 1. The standard InChI is InChI=1S/C19H41NO2S/c1-8-11-12-18(17(5)13-16(4)9-2)14-19(6,7)15-20-23(21,22)10-3/h9,17-18,20-22H,8,10-15H2,1-7H3/b16-9+/t17?,18-/m1/s1. The fourth-order valence-electron chi connectivity index (χ4n) is 3.04. The van der Waals surface area contributed by atoms with Crippen LogP contribution in [0.4, 0.5) is 0 Å². The van der Waals surface area contributed by atoms with Gasteiger partial charge in [-0.25, -0.2) is 4.72 Å². The summed E-state index contributed by atoms with van der Waals surface area (Å²) in [6, 6.07) is 0. The second kappa shape index (κ2) is 10.8. The molecule has 0 amide bonds. The van der Waals surface area contributed by atoms with Crippen molar-refractivity contribution in [2.24, 2.45) is 17.3 Å². The van der Waals surface area contributed by atoms with E-state index in [4.69, 9.17) is 0 Å². The van der Waals surface area contributed by atoms with Gasteiger partial charge in [0.05, 0.1) is 0 Å². The molecular weight excluding hydrogens is 306 g/mol. The molecule has 0 aromatic carbocycles. The molecule has 0 bridgehead atoms. The van der Waals surface area contributed by atoms with Crippen LogP contribution in [0, 0.1) is 17.3 Å². The molecular formula is C19H41NO2S. The van der Waals surface area contributed by atoms with Crippen molar-refractivity contribution in [3.8, 4) is 0 Å². The van der Waals surface area contributed by atoms with Crippen LogP contribution in [0.1, 0.15) is 80.6 Å². The fourth-order valence-corrected chi connectivity index (χ4v) is 3.87. The van der Waals surface area contributed by atoms with Gasteiger partial charge in [-0.2, -0.15) is 0 Å². The summed E-state index contributed by atoms with van der Waals surface area (Å²) < 4.78 is 22.7. The first-order valence-electron chi connectivity index (χ1n) is 9.19. The molecule has 0 fully saturated rings. The normalized spacial score (nSPS) is 17.2. The predicted octanol–water partition coefficient (Wildman–Crippen LogP) is 6.48. The van der Waals surface area contributed by atoms with Crippen molar-refractivity contribution in [2.75, 3.05) is 12.3 Å². The third kappa shape index (κ3) is 10.4. The van der Waals surface area contributed by atoms with Gasteiger partial charge in [0.2, 0.25) is 0 Å². The van der Waals surface area contributed by atoms with E-state index in [2.05, 4.69) is 52.3 Å². The van der Waals surface area contributed by atoms with E-state index in [1.807, 2.05) is 0 Å². The minimum absolute atomic E-state index is 0.0649. The van der Waals surface area contributed by atoms with E-state index >= 15 is 0 Å². The number of unbranched alkanes of at least 4 members (excludes halogenated alkanes) is 1. The Kier molecular flexibility index (Phi) is 10.7. The van der Waals surface area contributed by atoms with Gasteiger partial charge in [-0.1, -0.05) is 58.6 Å². The van der Waals surface area contributed by atoms with Crippen LogP contribution >= 0.6 is 10.8 Å². The number of hydrogen-bond acceptors (Lipinski definition) is 3. The van der Waals surface area contributed by atoms with Crippen LogP contribution in [0.5, 0.6) is 0 Å². The molecule has 0 aromatic heterocycles. The molecule has 2 atom stereocenters. The zero-order valence-electron chi connectivity index (χ0n) is 16.5. The second-order valence-electron chi connectivity index (χ2n) is 7.86. The Morgan fingerprint density at radius 1 is 1.26 bits per heavy atom. The van der Waals surface area contributed by atoms with E-state index in [0.29, 0.717) is 24.1 Å². The highest BCUT2D eigenvalue weighted by Crippen LogP contribution is 2.38. The van der Waals surface area contributed by atoms with Gasteiger partial charge in [0.1, 0.15) is 0 Å². The van der Waals surface area contributed by atoms with E-state index < -0.39 is 10.8 Å². The maximum atomic E-state index is 9.84. The molecule has 140 valence electrons. The van der Waals surface area contributed by atoms with Gasteiger partial charge in [-0.05, 0) is 50.9 Å². The molecule has 0 rings (SSSR count). The van der Waals surface area contributed by atoms with Gasteiger partial charge in [0.15, 0.2) is 0 Å². The Morgan fingerprint density at radius 3 is 2.35 bits per heavy atom. The Hall–Kier alpha value is -0.0300. The Bertz CT molecular complexity index is 353. The molecule has 4 heteroatoms. The van der Waals surface area contributed by atoms with E-state index in [9.17, 15) is 9.11 Å². The third-order valence-electron chi connectivity index (χ3n) is 4.87. The molecule has 0 saturated heterocycles. The first-order chi connectivity index (χ1) is 10.6. The molecule has 0 aromatic rings. The van der Waals surface area contributed by atoms with Crippen LogP contribution in [0.3, 0.4) is 0 Å². The summed E-state index contributed by atoms with van der Waals surface area (Å²) in [5.41, 5.74) is 1.53. The highest BCUT2D eigenvalue weighted by atomic mass is 32.3. The molecule has 3 N–H and O–H groups in total. The van der Waals surface area contributed by atoms with Crippen molar-refractivity contribution < 1.29 is 9.11 Å². The Morgan fingerprint density at radius 2 is 1.87 bits per heavy atom. The molecule has 0 aliphatic carbocycles. The smallest absolute Gasteiger partial charge is 0.0499 e. The van der Waals surface area contributed by atoms with E-state index in [-0.39, 0.29) is 5.41 Å². The maximum Gasteiger partial charge on any atom is 0.0499 e. The summed E-state index contributed by atoms with van der Waals surface area (Å²) >= 11 is 0. The lowest BCUT2D eigenvalue weighted by Gasteiger charge is -2.38. The zero-order chi connectivity index (χ0) is 18.1. The molecule has 1 unspecified atom stereocenters. The highest BCUT2D eigenvalue weighted by molar-refractivity contribution is 8.22. The molecule has 0 spiro atoms. The van der Waals surface area contributed by atoms with Gasteiger partial charge in [-0.15, -0.1) is 10.8 Å². The molecule has 3 nitrogen and oxygen atoms in total. The van der Waals surface area contributed by atoms with Crippen LogP contribution in [0.25, 0.3) is 0 Å². The van der Waals surface area contributed by atoms with Gasteiger partial charge in [0.25, 0.3) is 0 Å². The lowest BCUT2D eigenvalue weighted by Crippen LogP contribution is -2.34. The zero-order valence-corrected chi connectivity index (χ0v) is 17.3. The van der Waals surface area contributed by atoms with Crippen LogP contribution in [0.2, 0.25) is 0 Å². The summed E-state index contributed by atoms with van der Waals surface area (Å²) in [4.78, 5) is 0. The quantitative estimate of drug-likeness (QED) is 0.354. The predicted molar refractivity (Wildman–Crippen MR) is 106 cm³/mol. The van der Waals surface area contributed by atoms with Gasteiger partial charge < -0.3 is 0 Å². The van der Waals surface area contributed by atoms with E-state index in [0.717, 1.165) is 6.42 Å². The number of allylic oxidation sites excluding steroid dienone is 2. The third-order valence-corrected chi connectivity index (χ3v) is 6.28. The average Bonchev–Trinajstić information content (AvgIpc) is 2.49. The number of hydrogen-bond donors (Lipinski definition) is 3. The highest BCUT2D eigenvalue weighted by Gasteiger charge is 2.28. The first kappa shape index (κ1) is 23.0. The molecule has 0 heterocycles. The molecule has 0 aliphatic rings. The summed E-state index contributed by atoms with van der Waals surface area (Å²) in [5.74, 6) is 1.73. The maximum absolute atomic E-state index is 9.84. The van der Waals surface area contributed by atoms with Crippen LogP contribution in [-0.2, 0) is 0 Å². The van der Waals surface area contributed by atoms with E-state index in [1.165, 1.54) is 31.3 Å². The lowest BCUT2D eigenvalue weighted by atomic mass is 9.74. The SMILES string of the molecule is C/C=C(\C)CC(C)[C@H](CCCC)CC(C)(C)CNS(O)(O)CC. The van der Waals surface area contributed by atoms with Crippen molar-refractivity contribution in [3.63, 3.8) is 0 Å². The number of rotatable bonds is 12. The monoisotopic (exact) mass is 347 g/mol. The Balaban J connectivity index is 4.77.